The van der Waals surface area contributed by atoms with Crippen molar-refractivity contribution in [2.24, 2.45) is 5.73 Å². The first-order valence-electron chi connectivity index (χ1n) is 9.97. The normalized spacial score (nSPS) is 9.48. The van der Waals surface area contributed by atoms with E-state index in [0.29, 0.717) is 5.15 Å². The maximum absolute atomic E-state index is 5.37. The molecule has 31 heavy (non-hydrogen) atoms. The Morgan fingerprint density at radius 2 is 1.29 bits per heavy atom. The summed E-state index contributed by atoms with van der Waals surface area (Å²) in [6, 6.07) is 20.6. The van der Waals surface area contributed by atoms with Crippen LogP contribution in [-0.2, 0) is 12.8 Å². The lowest BCUT2D eigenvalue weighted by atomic mass is 10.1. The van der Waals surface area contributed by atoms with Crippen LogP contribution in [0.3, 0.4) is 0 Å². The van der Waals surface area contributed by atoms with Gasteiger partial charge in [-0.3, -0.25) is 9.97 Å². The average molecular weight is 435 g/mol. The maximum Gasteiger partial charge on any atom is 0.147 e. The van der Waals surface area contributed by atoms with E-state index in [4.69, 9.17) is 17.3 Å². The minimum Gasteiger partial charge on any atom is -0.368 e. The second kappa shape index (κ2) is 15.5. The van der Waals surface area contributed by atoms with Crippen molar-refractivity contribution in [1.82, 2.24) is 19.9 Å². The van der Waals surface area contributed by atoms with E-state index in [1.165, 1.54) is 17.3 Å². The van der Waals surface area contributed by atoms with Crippen LogP contribution in [0.2, 0.25) is 5.15 Å². The number of hydrogen-bond acceptors (Lipinski definition) is 6. The van der Waals surface area contributed by atoms with Crippen molar-refractivity contribution in [3.8, 4) is 0 Å². The molecule has 0 spiro atoms. The molecule has 0 aliphatic rings. The minimum atomic E-state index is 0.433. The summed E-state index contributed by atoms with van der Waals surface area (Å²) in [4.78, 5) is 15.5. The minimum absolute atomic E-state index is 0.433. The number of halogens is 1. The standard InChI is InChI=1S/C12H13N3.C8H11N.C4H3ClN2/c1-2-4-11(5-3-1)6-7-14-12-10-13-8-9-15-12;9-7-6-8-4-2-1-3-5-8;5-4-3-6-1-2-7-4/h1-5,8-10H,6-7H2,(H,14,15);1-5H,6-7,9H2;1-3H. The zero-order valence-electron chi connectivity index (χ0n) is 17.3. The molecule has 0 saturated heterocycles. The van der Waals surface area contributed by atoms with Crippen molar-refractivity contribution in [1.29, 1.82) is 0 Å². The monoisotopic (exact) mass is 434 g/mol. The Labute approximate surface area is 188 Å². The first kappa shape index (κ1) is 23.9. The molecule has 0 fully saturated rings. The second-order valence-corrected chi connectivity index (χ2v) is 6.69. The summed E-state index contributed by atoms with van der Waals surface area (Å²) in [7, 11) is 0. The van der Waals surface area contributed by atoms with Crippen LogP contribution in [0.5, 0.6) is 0 Å². The highest BCUT2D eigenvalue weighted by Gasteiger charge is 1.93. The molecule has 2 aromatic heterocycles. The Bertz CT molecular complexity index is 886. The van der Waals surface area contributed by atoms with Gasteiger partial charge in [-0.25, -0.2) is 9.97 Å². The molecule has 0 aliphatic carbocycles. The number of rotatable bonds is 6. The Kier molecular flexibility index (Phi) is 12.0. The van der Waals surface area contributed by atoms with E-state index in [1.807, 2.05) is 24.3 Å². The highest BCUT2D eigenvalue weighted by molar-refractivity contribution is 6.29. The lowest BCUT2D eigenvalue weighted by Gasteiger charge is -2.04. The topological polar surface area (TPSA) is 89.6 Å². The number of benzene rings is 2. The second-order valence-electron chi connectivity index (χ2n) is 6.31. The Hall–Kier alpha value is -3.35. The molecule has 6 nitrogen and oxygen atoms in total. The molecular formula is C24H27ClN6. The van der Waals surface area contributed by atoms with Crippen molar-refractivity contribution in [2.45, 2.75) is 12.8 Å². The summed E-state index contributed by atoms with van der Waals surface area (Å²) in [5.74, 6) is 0.827. The van der Waals surface area contributed by atoms with Gasteiger partial charge in [0.1, 0.15) is 11.0 Å². The number of nitrogens with two attached hydrogens (primary N) is 1. The van der Waals surface area contributed by atoms with Crippen LogP contribution < -0.4 is 11.1 Å². The summed E-state index contributed by atoms with van der Waals surface area (Å²) in [5, 5.41) is 3.65. The van der Waals surface area contributed by atoms with Crippen molar-refractivity contribution in [3.63, 3.8) is 0 Å². The molecule has 4 aromatic rings. The quantitative estimate of drug-likeness (QED) is 0.466. The number of anilines is 1. The third kappa shape index (κ3) is 11.4. The molecule has 2 heterocycles. The summed E-state index contributed by atoms with van der Waals surface area (Å²) >= 11 is 5.37. The van der Waals surface area contributed by atoms with Crippen molar-refractivity contribution in [2.75, 3.05) is 18.4 Å². The molecule has 3 N–H and O–H groups in total. The predicted octanol–water partition coefficient (Wildman–Crippen LogP) is 4.45. The molecule has 0 radical (unpaired) electrons. The Balaban J connectivity index is 0.000000181. The SMILES string of the molecule is Clc1cnccn1.NCCc1ccccc1.c1ccc(CCNc2cnccn2)cc1. The molecule has 160 valence electrons. The fourth-order valence-corrected chi connectivity index (χ4v) is 2.57. The van der Waals surface area contributed by atoms with Crippen LogP contribution in [-0.4, -0.2) is 33.0 Å². The van der Waals surface area contributed by atoms with Gasteiger partial charge in [0.2, 0.25) is 0 Å². The molecule has 0 aliphatic heterocycles. The third-order valence-electron chi connectivity index (χ3n) is 3.93. The van der Waals surface area contributed by atoms with E-state index in [-0.39, 0.29) is 0 Å². The molecule has 7 heteroatoms. The van der Waals surface area contributed by atoms with Crippen LogP contribution >= 0.6 is 11.6 Å². The molecule has 0 saturated carbocycles. The van der Waals surface area contributed by atoms with E-state index >= 15 is 0 Å². The van der Waals surface area contributed by atoms with E-state index in [2.05, 4.69) is 61.7 Å². The average Bonchev–Trinajstić information content (AvgIpc) is 2.83. The van der Waals surface area contributed by atoms with Gasteiger partial charge in [-0.1, -0.05) is 72.3 Å². The molecule has 0 bridgehead atoms. The fourth-order valence-electron chi connectivity index (χ4n) is 2.46. The van der Waals surface area contributed by atoms with Gasteiger partial charge in [0.25, 0.3) is 0 Å². The van der Waals surface area contributed by atoms with Crippen LogP contribution in [0, 0.1) is 0 Å². The Morgan fingerprint density at radius 1 is 0.710 bits per heavy atom. The van der Waals surface area contributed by atoms with Gasteiger partial charge in [-0.15, -0.1) is 0 Å². The zero-order valence-corrected chi connectivity index (χ0v) is 18.1. The van der Waals surface area contributed by atoms with Crippen molar-refractivity contribution in [3.05, 3.63) is 114 Å². The number of hydrogen-bond donors (Lipinski definition) is 2. The van der Waals surface area contributed by atoms with Crippen LogP contribution in [0.1, 0.15) is 11.1 Å². The smallest absolute Gasteiger partial charge is 0.147 e. The van der Waals surface area contributed by atoms with Gasteiger partial charge in [0, 0.05) is 31.3 Å². The first-order valence-corrected chi connectivity index (χ1v) is 10.3. The summed E-state index contributed by atoms with van der Waals surface area (Å²) in [5.41, 5.74) is 8.01. The largest absolute Gasteiger partial charge is 0.368 e. The van der Waals surface area contributed by atoms with E-state index in [9.17, 15) is 0 Å². The number of nitrogens with zero attached hydrogens (tertiary/aromatic N) is 4. The summed E-state index contributed by atoms with van der Waals surface area (Å²) in [6.07, 6.45) is 11.7. The molecule has 4 rings (SSSR count). The predicted molar refractivity (Wildman–Crippen MR) is 127 cm³/mol. The highest BCUT2D eigenvalue weighted by atomic mass is 35.5. The van der Waals surface area contributed by atoms with Crippen molar-refractivity contribution >= 4 is 17.4 Å². The fraction of sp³-hybridized carbons (Fsp3) is 0.167. The maximum atomic E-state index is 5.37. The first-order chi connectivity index (χ1) is 15.3. The van der Waals surface area contributed by atoms with Gasteiger partial charge in [-0.05, 0) is 30.5 Å². The zero-order chi connectivity index (χ0) is 22.0. The molecule has 0 atom stereocenters. The number of nitrogens with one attached hydrogen (secondary N) is 1. The molecule has 0 amide bonds. The third-order valence-corrected chi connectivity index (χ3v) is 4.13. The summed E-state index contributed by atoms with van der Waals surface area (Å²) in [6.45, 7) is 1.62. The number of aromatic nitrogens is 4. The molecule has 2 aromatic carbocycles. The lowest BCUT2D eigenvalue weighted by Crippen LogP contribution is -2.06. The van der Waals surface area contributed by atoms with Gasteiger partial charge in [0.05, 0.1) is 12.4 Å². The van der Waals surface area contributed by atoms with Crippen molar-refractivity contribution < 1.29 is 0 Å². The molecule has 0 unspecified atom stereocenters. The van der Waals surface area contributed by atoms with Crippen LogP contribution in [0.15, 0.2) is 97.8 Å². The van der Waals surface area contributed by atoms with E-state index < -0.39 is 0 Å². The lowest BCUT2D eigenvalue weighted by molar-refractivity contribution is 0.969. The van der Waals surface area contributed by atoms with Gasteiger partial charge >= 0.3 is 0 Å². The van der Waals surface area contributed by atoms with Crippen LogP contribution in [0.4, 0.5) is 5.82 Å². The van der Waals surface area contributed by atoms with Crippen LogP contribution in [0.25, 0.3) is 0 Å². The highest BCUT2D eigenvalue weighted by Crippen LogP contribution is 2.01. The van der Waals surface area contributed by atoms with Gasteiger partial charge in [-0.2, -0.15) is 0 Å². The van der Waals surface area contributed by atoms with E-state index in [1.54, 1.807) is 31.0 Å². The Morgan fingerprint density at radius 3 is 1.74 bits per heavy atom. The van der Waals surface area contributed by atoms with Gasteiger partial charge in [0.15, 0.2) is 0 Å². The van der Waals surface area contributed by atoms with E-state index in [0.717, 1.165) is 31.7 Å². The van der Waals surface area contributed by atoms with Gasteiger partial charge < -0.3 is 11.1 Å². The molecular weight excluding hydrogens is 408 g/mol. The summed E-state index contributed by atoms with van der Waals surface area (Å²) < 4.78 is 0.